The lowest BCUT2D eigenvalue weighted by Crippen LogP contribution is -2.24. The number of benzene rings is 1. The summed E-state index contributed by atoms with van der Waals surface area (Å²) in [5.41, 5.74) is 10.4. The molecular formula is C18H21NOS. The van der Waals surface area contributed by atoms with E-state index < -0.39 is 0 Å². The van der Waals surface area contributed by atoms with Crippen LogP contribution >= 0.6 is 11.3 Å². The first-order valence-corrected chi connectivity index (χ1v) is 8.52. The molecule has 2 aliphatic rings. The topological polar surface area (TPSA) is 35.2 Å². The summed E-state index contributed by atoms with van der Waals surface area (Å²) in [7, 11) is 0. The third-order valence-electron chi connectivity index (χ3n) is 4.52. The second-order valence-corrected chi connectivity index (χ2v) is 8.00. The van der Waals surface area contributed by atoms with Crippen LogP contribution in [0.25, 0.3) is 0 Å². The minimum atomic E-state index is -0.0881. The van der Waals surface area contributed by atoms with Crippen LogP contribution < -0.4 is 10.5 Å². The van der Waals surface area contributed by atoms with Crippen LogP contribution in [0.2, 0.25) is 0 Å². The Bertz CT molecular complexity index is 680. The average Bonchev–Trinajstić information content (AvgIpc) is 3.06. The van der Waals surface area contributed by atoms with E-state index >= 15 is 0 Å². The fourth-order valence-electron chi connectivity index (χ4n) is 3.49. The Kier molecular flexibility index (Phi) is 2.92. The Morgan fingerprint density at radius 1 is 1.19 bits per heavy atom. The van der Waals surface area contributed by atoms with Crippen molar-refractivity contribution in [2.45, 2.75) is 51.2 Å². The molecule has 2 heterocycles. The minimum Gasteiger partial charge on any atom is -0.487 e. The zero-order valence-corrected chi connectivity index (χ0v) is 13.4. The van der Waals surface area contributed by atoms with Crippen molar-refractivity contribution in [2.24, 2.45) is 5.73 Å². The number of nitrogens with two attached hydrogens (primary N) is 1. The van der Waals surface area contributed by atoms with E-state index in [9.17, 15) is 0 Å². The molecule has 1 aromatic heterocycles. The van der Waals surface area contributed by atoms with Gasteiger partial charge in [-0.1, -0.05) is 12.1 Å². The number of aryl methyl sites for hydroxylation is 2. The Hall–Kier alpha value is -1.32. The molecule has 1 unspecified atom stereocenters. The number of hydrogen-bond donors (Lipinski definition) is 1. The number of thiophene rings is 1. The Morgan fingerprint density at radius 3 is 2.86 bits per heavy atom. The third kappa shape index (κ3) is 2.29. The Labute approximate surface area is 129 Å². The molecule has 3 heteroatoms. The summed E-state index contributed by atoms with van der Waals surface area (Å²) in [6.45, 7) is 4.27. The lowest BCUT2D eigenvalue weighted by atomic mass is 9.97. The molecule has 0 spiro atoms. The molecule has 4 rings (SSSR count). The normalized spacial score (nSPS) is 20.0. The van der Waals surface area contributed by atoms with E-state index in [-0.39, 0.29) is 11.6 Å². The number of fused-ring (bicyclic) bond motifs is 2. The molecular weight excluding hydrogens is 278 g/mol. The van der Waals surface area contributed by atoms with Crippen molar-refractivity contribution in [2.75, 3.05) is 0 Å². The number of hydrogen-bond acceptors (Lipinski definition) is 3. The van der Waals surface area contributed by atoms with E-state index in [2.05, 4.69) is 38.1 Å². The maximum Gasteiger partial charge on any atom is 0.123 e. The molecule has 1 aliphatic heterocycles. The van der Waals surface area contributed by atoms with Gasteiger partial charge in [0.2, 0.25) is 0 Å². The summed E-state index contributed by atoms with van der Waals surface area (Å²) in [6, 6.07) is 8.76. The van der Waals surface area contributed by atoms with E-state index in [1.807, 2.05) is 11.3 Å². The molecule has 2 N–H and O–H groups in total. The van der Waals surface area contributed by atoms with Crippen LogP contribution in [-0.2, 0) is 19.3 Å². The van der Waals surface area contributed by atoms with Crippen molar-refractivity contribution in [1.82, 2.24) is 0 Å². The Balaban J connectivity index is 1.64. The molecule has 0 amide bonds. The van der Waals surface area contributed by atoms with Gasteiger partial charge in [0.1, 0.15) is 11.4 Å². The van der Waals surface area contributed by atoms with Crippen molar-refractivity contribution < 1.29 is 4.74 Å². The molecule has 1 aliphatic carbocycles. The maximum atomic E-state index is 6.51. The summed E-state index contributed by atoms with van der Waals surface area (Å²) in [4.78, 5) is 2.85. The molecule has 0 saturated heterocycles. The van der Waals surface area contributed by atoms with Crippen LogP contribution in [0.3, 0.4) is 0 Å². The van der Waals surface area contributed by atoms with Gasteiger partial charge in [-0.2, -0.15) is 0 Å². The fraction of sp³-hybridized carbons (Fsp3) is 0.444. The second kappa shape index (κ2) is 4.59. The van der Waals surface area contributed by atoms with Gasteiger partial charge in [-0.15, -0.1) is 11.3 Å². The van der Waals surface area contributed by atoms with Crippen molar-refractivity contribution in [3.8, 4) is 5.75 Å². The first-order valence-electron chi connectivity index (χ1n) is 7.71. The van der Waals surface area contributed by atoms with Crippen LogP contribution in [0, 0.1) is 0 Å². The largest absolute Gasteiger partial charge is 0.487 e. The van der Waals surface area contributed by atoms with Gasteiger partial charge in [0.25, 0.3) is 0 Å². The van der Waals surface area contributed by atoms with Crippen molar-refractivity contribution >= 4 is 11.3 Å². The van der Waals surface area contributed by atoms with Gasteiger partial charge in [0.15, 0.2) is 0 Å². The van der Waals surface area contributed by atoms with E-state index in [1.165, 1.54) is 40.8 Å². The molecule has 2 aromatic rings. The lowest BCUT2D eigenvalue weighted by molar-refractivity contribution is 0.138. The predicted molar refractivity (Wildman–Crippen MR) is 87.2 cm³/mol. The minimum absolute atomic E-state index is 0.00499. The van der Waals surface area contributed by atoms with Gasteiger partial charge in [-0.05, 0) is 61.9 Å². The summed E-state index contributed by atoms with van der Waals surface area (Å²) in [5.74, 6) is 1.02. The van der Waals surface area contributed by atoms with Crippen LogP contribution in [0.1, 0.15) is 52.8 Å². The number of rotatable bonds is 2. The smallest absolute Gasteiger partial charge is 0.123 e. The molecule has 0 radical (unpaired) electrons. The SMILES string of the molecule is CC1(C)Cc2cc(C(N)c3cc4c(s3)CCC4)ccc2O1. The standard InChI is InChI=1S/C18H21NOS/c1-18(2)10-13-8-12(6-7-14(13)20-18)17(19)16-9-11-4-3-5-15(11)21-16/h6-9,17H,3-5,10,19H2,1-2H3. The second-order valence-electron chi connectivity index (χ2n) is 6.83. The van der Waals surface area contributed by atoms with E-state index in [0.29, 0.717) is 0 Å². The molecule has 0 bridgehead atoms. The third-order valence-corrected chi connectivity index (χ3v) is 5.84. The van der Waals surface area contributed by atoms with Crippen molar-refractivity contribution in [3.05, 3.63) is 50.7 Å². The van der Waals surface area contributed by atoms with Crippen LogP contribution in [-0.4, -0.2) is 5.60 Å². The van der Waals surface area contributed by atoms with Crippen LogP contribution in [0.5, 0.6) is 5.75 Å². The van der Waals surface area contributed by atoms with Crippen molar-refractivity contribution in [1.29, 1.82) is 0 Å². The highest BCUT2D eigenvalue weighted by molar-refractivity contribution is 7.12. The first kappa shape index (κ1) is 13.4. The average molecular weight is 299 g/mol. The van der Waals surface area contributed by atoms with Crippen LogP contribution in [0.4, 0.5) is 0 Å². The molecule has 1 aromatic carbocycles. The van der Waals surface area contributed by atoms with E-state index in [4.69, 9.17) is 10.5 Å². The summed E-state index contributed by atoms with van der Waals surface area (Å²) in [5, 5.41) is 0. The van der Waals surface area contributed by atoms with Crippen molar-refractivity contribution in [3.63, 3.8) is 0 Å². The molecule has 0 saturated carbocycles. The molecule has 21 heavy (non-hydrogen) atoms. The fourth-order valence-corrected chi connectivity index (χ4v) is 4.78. The van der Waals surface area contributed by atoms with E-state index in [1.54, 1.807) is 4.88 Å². The first-order chi connectivity index (χ1) is 10.0. The maximum absolute atomic E-state index is 6.51. The molecule has 110 valence electrons. The van der Waals surface area contributed by atoms with Gasteiger partial charge >= 0.3 is 0 Å². The van der Waals surface area contributed by atoms with Gasteiger partial charge in [0.05, 0.1) is 6.04 Å². The number of ether oxygens (including phenoxy) is 1. The lowest BCUT2D eigenvalue weighted by Gasteiger charge is -2.16. The highest BCUT2D eigenvalue weighted by Crippen LogP contribution is 2.39. The highest BCUT2D eigenvalue weighted by Gasteiger charge is 2.30. The summed E-state index contributed by atoms with van der Waals surface area (Å²) in [6.07, 6.45) is 4.73. The van der Waals surface area contributed by atoms with Gasteiger partial charge in [0, 0.05) is 16.2 Å². The summed E-state index contributed by atoms with van der Waals surface area (Å²) < 4.78 is 5.95. The monoisotopic (exact) mass is 299 g/mol. The van der Waals surface area contributed by atoms with E-state index in [0.717, 1.165) is 12.2 Å². The van der Waals surface area contributed by atoms with Crippen LogP contribution in [0.15, 0.2) is 24.3 Å². The molecule has 1 atom stereocenters. The van der Waals surface area contributed by atoms with Gasteiger partial charge in [-0.25, -0.2) is 0 Å². The highest BCUT2D eigenvalue weighted by atomic mass is 32.1. The zero-order valence-electron chi connectivity index (χ0n) is 12.6. The predicted octanol–water partition coefficient (Wildman–Crippen LogP) is 4.00. The summed E-state index contributed by atoms with van der Waals surface area (Å²) >= 11 is 1.90. The molecule has 2 nitrogen and oxygen atoms in total. The Morgan fingerprint density at radius 2 is 2.05 bits per heavy atom. The van der Waals surface area contributed by atoms with Gasteiger partial charge < -0.3 is 10.5 Å². The molecule has 0 fully saturated rings. The zero-order chi connectivity index (χ0) is 14.6. The quantitative estimate of drug-likeness (QED) is 0.909. The van der Waals surface area contributed by atoms with Gasteiger partial charge in [-0.3, -0.25) is 0 Å².